The van der Waals surface area contributed by atoms with Gasteiger partial charge in [0.05, 0.1) is 10.6 Å². The summed E-state index contributed by atoms with van der Waals surface area (Å²) < 4.78 is 13.2. The number of aryl methyl sites for hydroxylation is 1. The van der Waals surface area contributed by atoms with E-state index in [-0.39, 0.29) is 11.4 Å². The summed E-state index contributed by atoms with van der Waals surface area (Å²) in [5.74, 6) is -1.35. The molecule has 2 aromatic rings. The number of carboxylic acid groups (broad SMARTS) is 1. The van der Waals surface area contributed by atoms with Crippen LogP contribution in [0.3, 0.4) is 0 Å². The number of hydrogen-bond donors (Lipinski definition) is 1. The van der Waals surface area contributed by atoms with Crippen LogP contribution in [-0.2, 0) is 6.42 Å². The van der Waals surface area contributed by atoms with E-state index in [0.717, 1.165) is 35.1 Å². The Hall–Kier alpha value is -2.13. The zero-order valence-corrected chi connectivity index (χ0v) is 11.8. The smallest absolute Gasteiger partial charge is 0.335 e. The molecule has 0 heterocycles. The van der Waals surface area contributed by atoms with Crippen molar-refractivity contribution in [2.24, 2.45) is 0 Å². The molecule has 4 heteroatoms. The number of benzene rings is 2. The van der Waals surface area contributed by atoms with Crippen molar-refractivity contribution < 1.29 is 14.3 Å². The Balaban J connectivity index is 2.16. The minimum absolute atomic E-state index is 0.236. The van der Waals surface area contributed by atoms with Crippen molar-refractivity contribution in [2.45, 2.75) is 12.8 Å². The van der Waals surface area contributed by atoms with E-state index in [9.17, 15) is 9.18 Å². The van der Waals surface area contributed by atoms with E-state index in [1.807, 2.05) is 12.1 Å². The number of carbonyl (C=O) groups is 1. The lowest BCUT2D eigenvalue weighted by molar-refractivity contribution is 0.0697. The predicted octanol–water partition coefficient (Wildman–Crippen LogP) is 4.56. The predicted molar refractivity (Wildman–Crippen MR) is 80.2 cm³/mol. The van der Waals surface area contributed by atoms with Gasteiger partial charge in [0, 0.05) is 5.56 Å². The van der Waals surface area contributed by atoms with Gasteiger partial charge in [-0.2, -0.15) is 0 Å². The summed E-state index contributed by atoms with van der Waals surface area (Å²) in [6, 6.07) is 9.36. The Bertz CT molecular complexity index is 765. The molecule has 0 unspecified atom stereocenters. The molecule has 0 atom stereocenters. The highest BCUT2D eigenvalue weighted by molar-refractivity contribution is 6.32. The number of rotatable bonds is 2. The zero-order chi connectivity index (χ0) is 15.0. The van der Waals surface area contributed by atoms with Gasteiger partial charge < -0.3 is 5.11 Å². The van der Waals surface area contributed by atoms with Gasteiger partial charge in [0.15, 0.2) is 0 Å². The van der Waals surface area contributed by atoms with Gasteiger partial charge in [-0.15, -0.1) is 0 Å². The molecule has 0 bridgehead atoms. The van der Waals surface area contributed by atoms with E-state index < -0.39 is 5.97 Å². The standard InChI is InChI=1S/C17H12ClFO2/c18-16-9-12(19)6-7-14(16)13-3-1-2-10-4-5-11(17(20)21)8-15(10)13/h3-9H,1-2H2,(H,20,21). The molecule has 0 spiro atoms. The van der Waals surface area contributed by atoms with Crippen molar-refractivity contribution in [3.05, 3.63) is 75.6 Å². The van der Waals surface area contributed by atoms with E-state index in [1.54, 1.807) is 18.2 Å². The Morgan fingerprint density at radius 2 is 1.95 bits per heavy atom. The molecule has 0 aliphatic heterocycles. The summed E-state index contributed by atoms with van der Waals surface area (Å²) in [6.07, 6.45) is 3.73. The number of fused-ring (bicyclic) bond motifs is 1. The lowest BCUT2D eigenvalue weighted by Crippen LogP contribution is -2.05. The highest BCUT2D eigenvalue weighted by Gasteiger charge is 2.18. The second-order valence-corrected chi connectivity index (χ2v) is 5.36. The third kappa shape index (κ3) is 2.57. The van der Waals surface area contributed by atoms with E-state index in [4.69, 9.17) is 16.7 Å². The first-order valence-corrected chi connectivity index (χ1v) is 6.96. The van der Waals surface area contributed by atoms with E-state index in [0.29, 0.717) is 5.02 Å². The Labute approximate surface area is 126 Å². The molecule has 1 aliphatic carbocycles. The molecule has 2 aromatic carbocycles. The van der Waals surface area contributed by atoms with Gasteiger partial charge >= 0.3 is 5.97 Å². The fourth-order valence-corrected chi connectivity index (χ4v) is 2.89. The molecule has 0 radical (unpaired) electrons. The van der Waals surface area contributed by atoms with Crippen molar-refractivity contribution in [3.63, 3.8) is 0 Å². The van der Waals surface area contributed by atoms with Crippen LogP contribution in [0.15, 0.2) is 42.5 Å². The van der Waals surface area contributed by atoms with Gasteiger partial charge in [0.2, 0.25) is 0 Å². The Kier molecular flexibility index (Phi) is 3.52. The number of halogens is 2. The highest BCUT2D eigenvalue weighted by atomic mass is 35.5. The average Bonchev–Trinajstić information content (AvgIpc) is 2.46. The van der Waals surface area contributed by atoms with Gasteiger partial charge in [-0.25, -0.2) is 9.18 Å². The van der Waals surface area contributed by atoms with Gasteiger partial charge in [0.1, 0.15) is 5.82 Å². The fraction of sp³-hybridized carbons (Fsp3) is 0.118. The summed E-state index contributed by atoms with van der Waals surface area (Å²) in [6.45, 7) is 0. The number of hydrogen-bond acceptors (Lipinski definition) is 1. The third-order valence-corrected chi connectivity index (χ3v) is 3.94. The van der Waals surface area contributed by atoms with Gasteiger partial charge in [-0.05, 0) is 59.9 Å². The maximum Gasteiger partial charge on any atom is 0.335 e. The van der Waals surface area contributed by atoms with Gasteiger partial charge in [0.25, 0.3) is 0 Å². The maximum atomic E-state index is 13.2. The monoisotopic (exact) mass is 302 g/mol. The van der Waals surface area contributed by atoms with Crippen molar-refractivity contribution in [1.29, 1.82) is 0 Å². The lowest BCUT2D eigenvalue weighted by atomic mass is 9.86. The summed E-state index contributed by atoms with van der Waals surface area (Å²) >= 11 is 6.13. The molecule has 1 N–H and O–H groups in total. The normalized spacial score (nSPS) is 13.5. The van der Waals surface area contributed by atoms with Crippen molar-refractivity contribution in [3.8, 4) is 0 Å². The first-order valence-electron chi connectivity index (χ1n) is 6.58. The number of allylic oxidation sites excluding steroid dienone is 1. The summed E-state index contributed by atoms with van der Waals surface area (Å²) in [4.78, 5) is 11.1. The minimum atomic E-state index is -0.965. The van der Waals surface area contributed by atoms with Crippen LogP contribution in [0.5, 0.6) is 0 Å². The second kappa shape index (κ2) is 5.34. The van der Waals surface area contributed by atoms with Gasteiger partial charge in [-0.3, -0.25) is 0 Å². The fourth-order valence-electron chi connectivity index (χ4n) is 2.62. The first kappa shape index (κ1) is 13.8. The molecular weight excluding hydrogens is 291 g/mol. The Morgan fingerprint density at radius 1 is 1.14 bits per heavy atom. The molecule has 0 saturated carbocycles. The molecule has 0 aromatic heterocycles. The molecule has 106 valence electrons. The average molecular weight is 303 g/mol. The van der Waals surface area contributed by atoms with Crippen LogP contribution in [0.25, 0.3) is 5.57 Å². The molecule has 21 heavy (non-hydrogen) atoms. The van der Waals surface area contributed by atoms with Crippen molar-refractivity contribution in [2.75, 3.05) is 0 Å². The Morgan fingerprint density at radius 3 is 2.67 bits per heavy atom. The highest BCUT2D eigenvalue weighted by Crippen LogP contribution is 2.35. The van der Waals surface area contributed by atoms with Crippen LogP contribution in [0.1, 0.15) is 33.5 Å². The van der Waals surface area contributed by atoms with Crippen molar-refractivity contribution >= 4 is 23.1 Å². The van der Waals surface area contributed by atoms with Crippen molar-refractivity contribution in [1.82, 2.24) is 0 Å². The largest absolute Gasteiger partial charge is 0.478 e. The van der Waals surface area contributed by atoms with Crippen LogP contribution < -0.4 is 0 Å². The first-order chi connectivity index (χ1) is 10.1. The van der Waals surface area contributed by atoms with E-state index >= 15 is 0 Å². The summed E-state index contributed by atoms with van der Waals surface area (Å²) in [5.41, 5.74) is 3.76. The minimum Gasteiger partial charge on any atom is -0.478 e. The molecule has 0 fully saturated rings. The molecule has 2 nitrogen and oxygen atoms in total. The SMILES string of the molecule is O=C(O)c1ccc2c(c1)C(c1ccc(F)cc1Cl)=CCC2. The molecule has 1 aliphatic rings. The molecule has 0 saturated heterocycles. The van der Waals surface area contributed by atoms with Crippen LogP contribution in [0.4, 0.5) is 4.39 Å². The maximum absolute atomic E-state index is 13.2. The third-order valence-electron chi connectivity index (χ3n) is 3.63. The molecular formula is C17H12ClFO2. The van der Waals surface area contributed by atoms with E-state index in [2.05, 4.69) is 0 Å². The van der Waals surface area contributed by atoms with Crippen LogP contribution in [0, 0.1) is 5.82 Å². The molecule has 3 rings (SSSR count). The van der Waals surface area contributed by atoms with E-state index in [1.165, 1.54) is 12.1 Å². The summed E-state index contributed by atoms with van der Waals surface area (Å²) in [7, 11) is 0. The van der Waals surface area contributed by atoms with Gasteiger partial charge in [-0.1, -0.05) is 23.7 Å². The van der Waals surface area contributed by atoms with Crippen LogP contribution in [-0.4, -0.2) is 11.1 Å². The van der Waals surface area contributed by atoms with Crippen LogP contribution >= 0.6 is 11.6 Å². The lowest BCUT2D eigenvalue weighted by Gasteiger charge is -2.19. The number of carboxylic acids is 1. The quantitative estimate of drug-likeness (QED) is 0.883. The molecule has 0 amide bonds. The number of aromatic carboxylic acids is 1. The summed E-state index contributed by atoms with van der Waals surface area (Å²) in [5, 5.41) is 9.47. The topological polar surface area (TPSA) is 37.3 Å². The second-order valence-electron chi connectivity index (χ2n) is 4.96. The zero-order valence-electron chi connectivity index (χ0n) is 11.1. The van der Waals surface area contributed by atoms with Crippen LogP contribution in [0.2, 0.25) is 5.02 Å².